The zero-order valence-corrected chi connectivity index (χ0v) is 29.6. The minimum atomic E-state index is -0.901. The summed E-state index contributed by atoms with van der Waals surface area (Å²) in [5, 5.41) is 29.1. The van der Waals surface area contributed by atoms with Crippen LogP contribution in [0.25, 0.3) is 22.3 Å². The maximum atomic E-state index is 10.1. The van der Waals surface area contributed by atoms with E-state index >= 15 is 0 Å². The molecule has 0 atom stereocenters. The normalized spacial score (nSPS) is 15.5. The molecular formula is C37H44BClN6O3. The lowest BCUT2D eigenvalue weighted by Crippen LogP contribution is -2.36. The molecule has 0 aromatic carbocycles. The van der Waals surface area contributed by atoms with Crippen molar-refractivity contribution in [3.63, 3.8) is 0 Å². The highest BCUT2D eigenvalue weighted by Gasteiger charge is 2.50. The van der Waals surface area contributed by atoms with E-state index in [4.69, 9.17) is 16.3 Å². The van der Waals surface area contributed by atoms with Crippen molar-refractivity contribution >= 4 is 35.0 Å². The van der Waals surface area contributed by atoms with Crippen molar-refractivity contribution in [3.8, 4) is 11.3 Å². The third-order valence-corrected chi connectivity index (χ3v) is 9.24. The van der Waals surface area contributed by atoms with Crippen LogP contribution in [0.1, 0.15) is 66.5 Å². The fourth-order valence-electron chi connectivity index (χ4n) is 5.32. The Balaban J connectivity index is 0.000000148. The summed E-state index contributed by atoms with van der Waals surface area (Å²) in [6.45, 7) is 15.9. The van der Waals surface area contributed by atoms with Crippen LogP contribution in [0.15, 0.2) is 97.8 Å². The number of rotatable bonds is 4. The Hall–Kier alpha value is -4.09. The van der Waals surface area contributed by atoms with Crippen LogP contribution in [-0.4, -0.2) is 51.9 Å². The maximum absolute atomic E-state index is 10.1. The number of halogens is 1. The third-order valence-electron chi connectivity index (χ3n) is 9.05. The second-order valence-electron chi connectivity index (χ2n) is 14.4. The van der Waals surface area contributed by atoms with Gasteiger partial charge in [0.1, 0.15) is 0 Å². The van der Waals surface area contributed by atoms with E-state index in [2.05, 4.69) is 47.9 Å². The molecule has 1 saturated heterocycles. The molecule has 48 heavy (non-hydrogen) atoms. The molecule has 9 nitrogen and oxygen atoms in total. The van der Waals surface area contributed by atoms with Crippen LogP contribution >= 0.6 is 11.6 Å². The van der Waals surface area contributed by atoms with Crippen molar-refractivity contribution in [3.05, 3.63) is 114 Å². The number of hydrogen-bond acceptors (Lipinski definition) is 7. The number of fused-ring (bicyclic) bond motifs is 2. The predicted molar refractivity (Wildman–Crippen MR) is 192 cm³/mol. The van der Waals surface area contributed by atoms with E-state index in [1.807, 2.05) is 83.8 Å². The Morgan fingerprint density at radius 1 is 0.750 bits per heavy atom. The smallest absolute Gasteiger partial charge is 0.329 e. The number of nitrogens with zero attached hydrogens (tertiary/aromatic N) is 6. The van der Waals surface area contributed by atoms with E-state index in [9.17, 15) is 10.2 Å². The zero-order valence-electron chi connectivity index (χ0n) is 28.9. The zero-order chi connectivity index (χ0) is 34.9. The fraction of sp³-hybridized carbons (Fsp3) is 0.351. The quantitative estimate of drug-likeness (QED) is 0.196. The van der Waals surface area contributed by atoms with Crippen LogP contribution in [0, 0.1) is 5.41 Å². The van der Waals surface area contributed by atoms with E-state index in [1.54, 1.807) is 50.8 Å². The third kappa shape index (κ3) is 8.13. The lowest BCUT2D eigenvalue weighted by molar-refractivity contribution is 0.0375. The molecule has 7 heterocycles. The second kappa shape index (κ2) is 13.4. The number of hydrogen-bond donors (Lipinski definition) is 2. The molecule has 0 unspecified atom stereocenters. The molecule has 0 radical (unpaired) electrons. The molecule has 250 valence electrons. The molecule has 6 aromatic rings. The Labute approximate surface area is 287 Å². The van der Waals surface area contributed by atoms with Crippen LogP contribution in [0.2, 0.25) is 11.5 Å². The van der Waals surface area contributed by atoms with E-state index in [0.717, 1.165) is 45.2 Å². The molecule has 0 spiro atoms. The molecule has 0 saturated carbocycles. The summed E-state index contributed by atoms with van der Waals surface area (Å²) in [6.07, 6.45) is 11.7. The van der Waals surface area contributed by atoms with Crippen LogP contribution < -0.4 is 5.46 Å². The van der Waals surface area contributed by atoms with Crippen molar-refractivity contribution in [1.29, 1.82) is 0 Å². The molecule has 6 aromatic heterocycles. The monoisotopic (exact) mass is 666 g/mol. The predicted octanol–water partition coefficient (Wildman–Crippen LogP) is 6.95. The van der Waals surface area contributed by atoms with Crippen LogP contribution in [-0.2, 0) is 15.9 Å². The van der Waals surface area contributed by atoms with Gasteiger partial charge in [-0.15, -0.1) is 0 Å². The van der Waals surface area contributed by atoms with Crippen molar-refractivity contribution in [1.82, 2.24) is 29.2 Å². The van der Waals surface area contributed by atoms with Crippen molar-refractivity contribution in [2.24, 2.45) is 5.41 Å². The van der Waals surface area contributed by atoms with E-state index in [0.29, 0.717) is 5.15 Å². The average Bonchev–Trinajstić information content (AvgIpc) is 3.69. The molecule has 1 aliphatic heterocycles. The summed E-state index contributed by atoms with van der Waals surface area (Å²) >= 11 is 5.65. The summed E-state index contributed by atoms with van der Waals surface area (Å²) < 4.78 is 9.76. The number of aromatic nitrogens is 6. The SMILES string of the molecule is CC(C)(O)c1cncc(-c2cc3ccccn3n2)c1.CC(C)(O)c1cncc(B2CC(C)(C)C(C)(C)O2)c1.Clc1cc2ccccn2n1. The van der Waals surface area contributed by atoms with Crippen molar-refractivity contribution in [2.75, 3.05) is 0 Å². The number of pyridine rings is 4. The van der Waals surface area contributed by atoms with Gasteiger partial charge in [0, 0.05) is 59.9 Å². The van der Waals surface area contributed by atoms with E-state index in [1.165, 1.54) is 0 Å². The first-order valence-corrected chi connectivity index (χ1v) is 16.4. The first-order valence-electron chi connectivity index (χ1n) is 16.0. The molecule has 0 amide bonds. The van der Waals surface area contributed by atoms with Gasteiger partial charge in [-0.25, -0.2) is 9.03 Å². The molecule has 0 aliphatic carbocycles. The van der Waals surface area contributed by atoms with Gasteiger partial charge in [0.15, 0.2) is 5.15 Å². The maximum Gasteiger partial charge on any atom is 0.329 e. The molecule has 1 fully saturated rings. The molecule has 1 aliphatic rings. The molecule has 2 N–H and O–H groups in total. The minimum Gasteiger partial charge on any atom is -0.425 e. The highest BCUT2D eigenvalue weighted by atomic mass is 35.5. The summed E-state index contributed by atoms with van der Waals surface area (Å²) in [5.41, 5.74) is 4.68. The highest BCUT2D eigenvalue weighted by molar-refractivity contribution is 6.68. The summed E-state index contributed by atoms with van der Waals surface area (Å²) in [7, 11) is 0. The Bertz CT molecular complexity index is 1930. The van der Waals surface area contributed by atoms with E-state index < -0.39 is 11.2 Å². The van der Waals surface area contributed by atoms with Gasteiger partial charge in [-0.1, -0.05) is 43.6 Å². The largest absolute Gasteiger partial charge is 0.425 e. The lowest BCUT2D eigenvalue weighted by Gasteiger charge is -2.34. The number of aliphatic hydroxyl groups is 2. The lowest BCUT2D eigenvalue weighted by atomic mass is 9.54. The van der Waals surface area contributed by atoms with Gasteiger partial charge < -0.3 is 14.9 Å². The Morgan fingerprint density at radius 3 is 1.85 bits per heavy atom. The van der Waals surface area contributed by atoms with Gasteiger partial charge in [0.05, 0.1) is 33.5 Å². The second-order valence-corrected chi connectivity index (χ2v) is 14.8. The topological polar surface area (TPSA) is 110 Å². The first-order chi connectivity index (χ1) is 22.4. The van der Waals surface area contributed by atoms with Gasteiger partial charge in [-0.05, 0) is 95.1 Å². The van der Waals surface area contributed by atoms with Gasteiger partial charge >= 0.3 is 6.92 Å². The molecule has 7 rings (SSSR count). The van der Waals surface area contributed by atoms with Crippen LogP contribution in [0.4, 0.5) is 0 Å². The molecule has 0 bridgehead atoms. The highest BCUT2D eigenvalue weighted by Crippen LogP contribution is 2.45. The minimum absolute atomic E-state index is 0.0554. The Morgan fingerprint density at radius 2 is 1.31 bits per heavy atom. The fourth-order valence-corrected chi connectivity index (χ4v) is 5.51. The first kappa shape index (κ1) is 35.2. The molecular weight excluding hydrogens is 623 g/mol. The van der Waals surface area contributed by atoms with Gasteiger partial charge in [-0.3, -0.25) is 9.97 Å². The van der Waals surface area contributed by atoms with Crippen LogP contribution in [0.5, 0.6) is 0 Å². The summed E-state index contributed by atoms with van der Waals surface area (Å²) in [6, 6.07) is 19.5. The average molecular weight is 667 g/mol. The standard InChI is InChI=1S/C15H24BNO2.C15H15N3O.C7H5ClN2/c1-13(2)10-16(19-15(13,5)6)12-7-11(8-17-9-12)14(3,4)18;1-15(2,19)12-7-11(9-16-10-12)14-8-13-5-3-4-6-18(13)17-14;8-7-5-6-3-1-2-4-10(6)9-7/h7-9,18H,10H2,1-6H3;3-10,19H,1-2H3;1-5H. The van der Waals surface area contributed by atoms with Gasteiger partial charge in [0.25, 0.3) is 0 Å². The van der Waals surface area contributed by atoms with Crippen LogP contribution in [0.3, 0.4) is 0 Å². The molecule has 11 heteroatoms. The van der Waals surface area contributed by atoms with E-state index in [-0.39, 0.29) is 17.9 Å². The summed E-state index contributed by atoms with van der Waals surface area (Å²) in [4.78, 5) is 8.44. The van der Waals surface area contributed by atoms with Gasteiger partial charge in [-0.2, -0.15) is 10.2 Å². The Kier molecular flexibility index (Phi) is 9.86. The van der Waals surface area contributed by atoms with Gasteiger partial charge in [0.2, 0.25) is 0 Å². The summed E-state index contributed by atoms with van der Waals surface area (Å²) in [5.74, 6) is 0. The van der Waals surface area contributed by atoms with Crippen molar-refractivity contribution < 1.29 is 14.9 Å². The van der Waals surface area contributed by atoms with Crippen molar-refractivity contribution in [2.45, 2.75) is 78.5 Å².